The van der Waals surface area contributed by atoms with Gasteiger partial charge in [0.2, 0.25) is 0 Å². The van der Waals surface area contributed by atoms with E-state index in [1.165, 1.54) is 6.07 Å². The summed E-state index contributed by atoms with van der Waals surface area (Å²) in [5, 5.41) is 8.87. The standard InChI is InChI=1S/C15H18FNO2/c16-14-6-2-1-5-13(14)12(8-9-17)11-19-15-7-3-4-10-18-15/h1-2,5-6,12,15H,3-4,7-8,10-11H2/t12?,15-/m1/s1. The molecule has 1 saturated heterocycles. The van der Waals surface area contributed by atoms with Crippen molar-refractivity contribution < 1.29 is 13.9 Å². The van der Waals surface area contributed by atoms with Crippen LogP contribution >= 0.6 is 0 Å². The van der Waals surface area contributed by atoms with Crippen LogP contribution in [0.2, 0.25) is 0 Å². The molecule has 0 aliphatic carbocycles. The number of hydrogen-bond acceptors (Lipinski definition) is 3. The Labute approximate surface area is 112 Å². The fraction of sp³-hybridized carbons (Fsp3) is 0.533. The van der Waals surface area contributed by atoms with Crippen molar-refractivity contribution in [3.05, 3.63) is 35.6 Å². The summed E-state index contributed by atoms with van der Waals surface area (Å²) in [6, 6.07) is 8.64. The molecule has 1 aromatic carbocycles. The van der Waals surface area contributed by atoms with Crippen molar-refractivity contribution in [2.45, 2.75) is 37.9 Å². The minimum atomic E-state index is -0.282. The lowest BCUT2D eigenvalue weighted by Gasteiger charge is -2.25. The second-order valence-corrected chi connectivity index (χ2v) is 4.71. The highest BCUT2D eigenvalue weighted by atomic mass is 19.1. The molecule has 19 heavy (non-hydrogen) atoms. The van der Waals surface area contributed by atoms with Gasteiger partial charge in [0.05, 0.1) is 12.7 Å². The highest BCUT2D eigenvalue weighted by molar-refractivity contribution is 5.22. The van der Waals surface area contributed by atoms with E-state index in [-0.39, 0.29) is 24.4 Å². The first kappa shape index (κ1) is 14.0. The molecule has 1 aliphatic heterocycles. The molecule has 1 heterocycles. The molecule has 3 nitrogen and oxygen atoms in total. The lowest BCUT2D eigenvalue weighted by atomic mass is 9.96. The molecule has 1 aromatic rings. The maximum atomic E-state index is 13.7. The van der Waals surface area contributed by atoms with Gasteiger partial charge in [-0.05, 0) is 30.9 Å². The Kier molecular flexibility index (Phi) is 5.31. The number of nitriles is 1. The van der Waals surface area contributed by atoms with Gasteiger partial charge in [-0.2, -0.15) is 5.26 Å². The van der Waals surface area contributed by atoms with Crippen molar-refractivity contribution in [3.63, 3.8) is 0 Å². The van der Waals surface area contributed by atoms with Crippen LogP contribution in [0.3, 0.4) is 0 Å². The first-order chi connectivity index (χ1) is 9.31. The first-order valence-corrected chi connectivity index (χ1v) is 6.66. The van der Waals surface area contributed by atoms with Crippen LogP contribution in [0.4, 0.5) is 4.39 Å². The van der Waals surface area contributed by atoms with E-state index in [0.717, 1.165) is 19.3 Å². The van der Waals surface area contributed by atoms with Crippen molar-refractivity contribution in [1.29, 1.82) is 5.26 Å². The zero-order valence-corrected chi connectivity index (χ0v) is 10.8. The summed E-state index contributed by atoms with van der Waals surface area (Å²) in [5.74, 6) is -0.521. The summed E-state index contributed by atoms with van der Waals surface area (Å²) in [6.45, 7) is 1.03. The third-order valence-corrected chi connectivity index (χ3v) is 3.30. The zero-order valence-electron chi connectivity index (χ0n) is 10.8. The largest absolute Gasteiger partial charge is 0.353 e. The summed E-state index contributed by atoms with van der Waals surface area (Å²) in [6.07, 6.45) is 3.06. The summed E-state index contributed by atoms with van der Waals surface area (Å²) >= 11 is 0. The average Bonchev–Trinajstić information content (AvgIpc) is 2.45. The number of ether oxygens (including phenoxy) is 2. The molecular formula is C15H18FNO2. The van der Waals surface area contributed by atoms with E-state index >= 15 is 0 Å². The molecule has 1 aliphatic rings. The van der Waals surface area contributed by atoms with Gasteiger partial charge in [0, 0.05) is 18.9 Å². The smallest absolute Gasteiger partial charge is 0.157 e. The van der Waals surface area contributed by atoms with E-state index in [2.05, 4.69) is 6.07 Å². The molecule has 0 radical (unpaired) electrons. The fourth-order valence-corrected chi connectivity index (χ4v) is 2.24. The molecule has 102 valence electrons. The molecule has 1 unspecified atom stereocenters. The van der Waals surface area contributed by atoms with Gasteiger partial charge in [-0.15, -0.1) is 0 Å². The van der Waals surface area contributed by atoms with Gasteiger partial charge in [0.1, 0.15) is 5.82 Å². The molecule has 1 fully saturated rings. The Hall–Kier alpha value is -1.44. The zero-order chi connectivity index (χ0) is 13.5. The van der Waals surface area contributed by atoms with Gasteiger partial charge in [-0.25, -0.2) is 4.39 Å². The molecule has 0 N–H and O–H groups in total. The highest BCUT2D eigenvalue weighted by Gasteiger charge is 2.20. The second-order valence-electron chi connectivity index (χ2n) is 4.71. The quantitative estimate of drug-likeness (QED) is 0.818. The molecule has 0 saturated carbocycles. The van der Waals surface area contributed by atoms with Gasteiger partial charge in [-0.1, -0.05) is 18.2 Å². The van der Waals surface area contributed by atoms with E-state index < -0.39 is 0 Å². The third kappa shape index (κ3) is 4.02. The lowest BCUT2D eigenvalue weighted by Crippen LogP contribution is -2.24. The van der Waals surface area contributed by atoms with Crippen LogP contribution in [0.1, 0.15) is 37.2 Å². The van der Waals surface area contributed by atoms with E-state index in [4.69, 9.17) is 14.7 Å². The van der Waals surface area contributed by atoms with Gasteiger partial charge >= 0.3 is 0 Å². The van der Waals surface area contributed by atoms with Crippen LogP contribution in [0.15, 0.2) is 24.3 Å². The van der Waals surface area contributed by atoms with E-state index in [1.54, 1.807) is 18.2 Å². The number of hydrogen-bond donors (Lipinski definition) is 0. The summed E-state index contributed by atoms with van der Waals surface area (Å²) in [5.41, 5.74) is 0.542. The Bertz CT molecular complexity index is 438. The van der Waals surface area contributed by atoms with E-state index in [1.807, 2.05) is 0 Å². The predicted molar refractivity (Wildman–Crippen MR) is 68.9 cm³/mol. The molecule has 4 heteroatoms. The van der Waals surface area contributed by atoms with Crippen LogP contribution < -0.4 is 0 Å². The molecule has 0 amide bonds. The summed E-state index contributed by atoms with van der Waals surface area (Å²) < 4.78 is 24.9. The van der Waals surface area contributed by atoms with Gasteiger partial charge in [0.15, 0.2) is 6.29 Å². The van der Waals surface area contributed by atoms with Crippen LogP contribution in [0.5, 0.6) is 0 Å². The van der Waals surface area contributed by atoms with Crippen molar-refractivity contribution in [3.8, 4) is 6.07 Å². The Morgan fingerprint density at radius 1 is 1.42 bits per heavy atom. The Morgan fingerprint density at radius 2 is 2.26 bits per heavy atom. The third-order valence-electron chi connectivity index (χ3n) is 3.30. The van der Waals surface area contributed by atoms with Crippen molar-refractivity contribution in [2.24, 2.45) is 0 Å². The topological polar surface area (TPSA) is 42.2 Å². The second kappa shape index (κ2) is 7.22. The maximum absolute atomic E-state index is 13.7. The van der Waals surface area contributed by atoms with Crippen molar-refractivity contribution >= 4 is 0 Å². The Balaban J connectivity index is 1.96. The van der Waals surface area contributed by atoms with Crippen LogP contribution in [-0.4, -0.2) is 19.5 Å². The van der Waals surface area contributed by atoms with Crippen LogP contribution in [0.25, 0.3) is 0 Å². The lowest BCUT2D eigenvalue weighted by molar-refractivity contribution is -0.165. The van der Waals surface area contributed by atoms with Crippen LogP contribution in [0, 0.1) is 17.1 Å². The number of rotatable bonds is 5. The highest BCUT2D eigenvalue weighted by Crippen LogP contribution is 2.24. The first-order valence-electron chi connectivity index (χ1n) is 6.66. The molecule has 2 rings (SSSR count). The predicted octanol–water partition coefficient (Wildman–Crippen LogP) is 3.37. The number of halogens is 1. The van der Waals surface area contributed by atoms with Crippen molar-refractivity contribution in [1.82, 2.24) is 0 Å². The van der Waals surface area contributed by atoms with Gasteiger partial charge in [-0.3, -0.25) is 0 Å². The summed E-state index contributed by atoms with van der Waals surface area (Å²) in [4.78, 5) is 0. The molecule has 0 spiro atoms. The van der Waals surface area contributed by atoms with E-state index in [0.29, 0.717) is 18.8 Å². The molecular weight excluding hydrogens is 245 g/mol. The minimum Gasteiger partial charge on any atom is -0.353 e. The Morgan fingerprint density at radius 3 is 2.95 bits per heavy atom. The SMILES string of the molecule is N#CCC(CO[C@@H]1CCCCO1)c1ccccc1F. The summed E-state index contributed by atoms with van der Waals surface area (Å²) in [7, 11) is 0. The number of nitrogens with zero attached hydrogens (tertiary/aromatic N) is 1. The van der Waals surface area contributed by atoms with Crippen molar-refractivity contribution in [2.75, 3.05) is 13.2 Å². The molecule has 2 atom stereocenters. The average molecular weight is 263 g/mol. The minimum absolute atomic E-state index is 0.207. The van der Waals surface area contributed by atoms with Crippen LogP contribution in [-0.2, 0) is 9.47 Å². The maximum Gasteiger partial charge on any atom is 0.157 e. The fourth-order valence-electron chi connectivity index (χ4n) is 2.24. The number of benzene rings is 1. The molecule has 0 aromatic heterocycles. The molecule has 0 bridgehead atoms. The van der Waals surface area contributed by atoms with Gasteiger partial charge < -0.3 is 9.47 Å². The normalized spacial score (nSPS) is 20.7. The van der Waals surface area contributed by atoms with Gasteiger partial charge in [0.25, 0.3) is 0 Å². The van der Waals surface area contributed by atoms with E-state index in [9.17, 15) is 4.39 Å². The monoisotopic (exact) mass is 263 g/mol.